The molecule has 1 aliphatic rings. The number of fused-ring (bicyclic) bond motifs is 1. The molecule has 0 saturated carbocycles. The van der Waals surface area contributed by atoms with Gasteiger partial charge >= 0.3 is 0 Å². The smallest absolute Gasteiger partial charge is 0.250 e. The zero-order chi connectivity index (χ0) is 20.4. The summed E-state index contributed by atoms with van der Waals surface area (Å²) in [5.41, 5.74) is 2.17. The molecule has 0 radical (unpaired) electrons. The van der Waals surface area contributed by atoms with E-state index < -0.39 is 0 Å². The average Bonchev–Trinajstić information content (AvgIpc) is 3.08. The summed E-state index contributed by atoms with van der Waals surface area (Å²) in [5, 5.41) is 4.33. The number of aryl methyl sites for hydroxylation is 1. The third-order valence-corrected chi connectivity index (χ3v) is 5.18. The summed E-state index contributed by atoms with van der Waals surface area (Å²) in [5.74, 6) is 0.459. The zero-order valence-corrected chi connectivity index (χ0v) is 16.3. The molecule has 150 valence electrons. The largest absolute Gasteiger partial charge is 0.473 e. The molecule has 8 nitrogen and oxygen atoms in total. The van der Waals surface area contributed by atoms with Crippen molar-refractivity contribution in [2.45, 2.75) is 25.4 Å². The van der Waals surface area contributed by atoms with Crippen LogP contribution in [0, 0.1) is 0 Å². The van der Waals surface area contributed by atoms with Crippen LogP contribution in [0.5, 0.6) is 5.88 Å². The van der Waals surface area contributed by atoms with Gasteiger partial charge in [0.05, 0.1) is 18.1 Å². The number of nitrogens with zero attached hydrogens (tertiary/aromatic N) is 5. The zero-order valence-electron chi connectivity index (χ0n) is 16.3. The topological polar surface area (TPSA) is 81.7 Å². The predicted molar refractivity (Wildman–Crippen MR) is 109 cm³/mol. The molecule has 1 saturated heterocycles. The third kappa shape index (κ3) is 3.91. The number of rotatable bonds is 4. The number of aromatic nitrogens is 4. The average molecular weight is 393 g/mol. The molecule has 0 spiro atoms. The van der Waals surface area contributed by atoms with Gasteiger partial charge in [-0.15, -0.1) is 0 Å². The number of likely N-dealkylation sites (tertiary alicyclic amines) is 1. The fraction of sp³-hybridized carbons (Fsp3) is 0.333. The van der Waals surface area contributed by atoms with E-state index in [9.17, 15) is 9.59 Å². The predicted octanol–water partition coefficient (Wildman–Crippen LogP) is 2.04. The summed E-state index contributed by atoms with van der Waals surface area (Å²) in [4.78, 5) is 30.1. The van der Waals surface area contributed by atoms with Gasteiger partial charge in [-0.1, -0.05) is 6.58 Å². The van der Waals surface area contributed by atoms with E-state index in [1.807, 2.05) is 12.3 Å². The quantitative estimate of drug-likeness (QED) is 0.634. The molecule has 0 bridgehead atoms. The molecule has 1 atom stereocenters. The molecule has 3 aromatic heterocycles. The van der Waals surface area contributed by atoms with Gasteiger partial charge in [-0.05, 0) is 31.1 Å². The third-order valence-electron chi connectivity index (χ3n) is 5.18. The molecule has 3 aromatic rings. The highest BCUT2D eigenvalue weighted by Crippen LogP contribution is 2.26. The second-order valence-corrected chi connectivity index (χ2v) is 7.16. The van der Waals surface area contributed by atoms with Crippen LogP contribution in [0.15, 0.2) is 54.2 Å². The summed E-state index contributed by atoms with van der Waals surface area (Å²) < 4.78 is 9.52. The minimum Gasteiger partial charge on any atom is -0.473 e. The fourth-order valence-corrected chi connectivity index (χ4v) is 3.56. The summed E-state index contributed by atoms with van der Waals surface area (Å²) in [6.45, 7) is 4.91. The monoisotopic (exact) mass is 393 g/mol. The maximum atomic E-state index is 11.9. The van der Waals surface area contributed by atoms with Crippen molar-refractivity contribution < 1.29 is 9.53 Å². The number of amides is 1. The Kier molecular flexibility index (Phi) is 5.16. The Morgan fingerprint density at radius 3 is 2.90 bits per heavy atom. The number of carbonyl (C=O) groups is 1. The van der Waals surface area contributed by atoms with Gasteiger partial charge in [0.2, 0.25) is 17.3 Å². The van der Waals surface area contributed by atoms with Crippen LogP contribution in [0.3, 0.4) is 0 Å². The lowest BCUT2D eigenvalue weighted by molar-refractivity contribution is -0.126. The van der Waals surface area contributed by atoms with Crippen LogP contribution in [0.2, 0.25) is 0 Å². The van der Waals surface area contributed by atoms with E-state index in [-0.39, 0.29) is 17.6 Å². The molecule has 8 heteroatoms. The molecular formula is C21H23N5O3. The first kappa shape index (κ1) is 18.9. The van der Waals surface area contributed by atoms with E-state index in [4.69, 9.17) is 9.72 Å². The molecule has 0 aromatic carbocycles. The first-order chi connectivity index (χ1) is 14.0. The van der Waals surface area contributed by atoms with Crippen LogP contribution in [-0.4, -0.2) is 49.2 Å². The van der Waals surface area contributed by atoms with Gasteiger partial charge < -0.3 is 14.2 Å². The van der Waals surface area contributed by atoms with E-state index >= 15 is 0 Å². The number of pyridine rings is 1. The SMILES string of the molecule is C=CC(=O)N1CCC[C@@H](Oc2nc(-c3ccc(=O)n(C)c3)cn3nccc23)CC1. The molecule has 0 unspecified atom stereocenters. The van der Waals surface area contributed by atoms with Gasteiger partial charge in [-0.2, -0.15) is 5.10 Å². The van der Waals surface area contributed by atoms with Crippen molar-refractivity contribution in [3.05, 3.63) is 59.8 Å². The van der Waals surface area contributed by atoms with Crippen molar-refractivity contribution in [3.63, 3.8) is 0 Å². The molecule has 29 heavy (non-hydrogen) atoms. The molecule has 0 aliphatic carbocycles. The molecule has 1 aliphatic heterocycles. The Hall–Kier alpha value is -3.42. The van der Waals surface area contributed by atoms with E-state index in [2.05, 4.69) is 11.7 Å². The number of hydrogen-bond acceptors (Lipinski definition) is 5. The molecule has 1 fully saturated rings. The van der Waals surface area contributed by atoms with Gasteiger partial charge in [0.1, 0.15) is 11.6 Å². The summed E-state index contributed by atoms with van der Waals surface area (Å²) in [6.07, 6.45) is 9.01. The fourth-order valence-electron chi connectivity index (χ4n) is 3.56. The summed E-state index contributed by atoms with van der Waals surface area (Å²) in [6, 6.07) is 5.12. The highest BCUT2D eigenvalue weighted by Gasteiger charge is 2.22. The molecule has 4 heterocycles. The van der Waals surface area contributed by atoms with Crippen LogP contribution >= 0.6 is 0 Å². The lowest BCUT2D eigenvalue weighted by Crippen LogP contribution is -2.30. The van der Waals surface area contributed by atoms with Gasteiger partial charge in [-0.25, -0.2) is 9.50 Å². The Labute approximate surface area is 168 Å². The summed E-state index contributed by atoms with van der Waals surface area (Å²) in [7, 11) is 1.71. The normalized spacial score (nSPS) is 17.1. The lowest BCUT2D eigenvalue weighted by Gasteiger charge is -2.19. The molecular weight excluding hydrogens is 370 g/mol. The van der Waals surface area contributed by atoms with Crippen LogP contribution in [0.4, 0.5) is 0 Å². The maximum Gasteiger partial charge on any atom is 0.250 e. The van der Waals surface area contributed by atoms with Gasteiger partial charge in [0.15, 0.2) is 0 Å². The lowest BCUT2D eigenvalue weighted by atomic mass is 10.1. The molecule has 4 rings (SSSR count). The second kappa shape index (κ2) is 7.90. The van der Waals surface area contributed by atoms with Crippen molar-refractivity contribution in [3.8, 4) is 17.1 Å². The van der Waals surface area contributed by atoms with E-state index in [1.165, 1.54) is 16.7 Å². The Morgan fingerprint density at radius 2 is 2.10 bits per heavy atom. The minimum atomic E-state index is -0.0810. The van der Waals surface area contributed by atoms with Crippen LogP contribution < -0.4 is 10.3 Å². The second-order valence-electron chi connectivity index (χ2n) is 7.16. The first-order valence-corrected chi connectivity index (χ1v) is 9.64. The number of carbonyl (C=O) groups excluding carboxylic acids is 1. The van der Waals surface area contributed by atoms with Gasteiger partial charge in [-0.3, -0.25) is 9.59 Å². The Bertz CT molecular complexity index is 1120. The van der Waals surface area contributed by atoms with E-state index in [1.54, 1.807) is 34.9 Å². The van der Waals surface area contributed by atoms with Crippen LogP contribution in [0.1, 0.15) is 19.3 Å². The van der Waals surface area contributed by atoms with Gasteiger partial charge in [0, 0.05) is 44.4 Å². The Balaban J connectivity index is 1.62. The molecule has 0 N–H and O–H groups in total. The first-order valence-electron chi connectivity index (χ1n) is 9.64. The van der Waals surface area contributed by atoms with Crippen LogP contribution in [0.25, 0.3) is 16.8 Å². The van der Waals surface area contributed by atoms with Gasteiger partial charge in [0.25, 0.3) is 0 Å². The summed E-state index contributed by atoms with van der Waals surface area (Å²) >= 11 is 0. The highest BCUT2D eigenvalue weighted by atomic mass is 16.5. The van der Waals surface area contributed by atoms with Crippen molar-refractivity contribution >= 4 is 11.4 Å². The highest BCUT2D eigenvalue weighted by molar-refractivity contribution is 5.87. The Morgan fingerprint density at radius 1 is 1.24 bits per heavy atom. The minimum absolute atomic E-state index is 0.0424. The standard InChI is InChI=1S/C21H23N5O3/c1-3-19(27)25-11-4-5-16(9-12-25)29-21-18-8-10-22-26(18)14-17(23-21)15-6-7-20(28)24(2)13-15/h3,6-8,10,13-14,16H,1,4-5,9,11-12H2,2H3/t16-/m1/s1. The number of hydrogen-bond donors (Lipinski definition) is 0. The maximum absolute atomic E-state index is 11.9. The van der Waals surface area contributed by atoms with Crippen molar-refractivity contribution in [1.82, 2.24) is 24.1 Å². The number of ether oxygens (including phenoxy) is 1. The van der Waals surface area contributed by atoms with E-state index in [0.717, 1.165) is 30.3 Å². The van der Waals surface area contributed by atoms with E-state index in [0.29, 0.717) is 24.7 Å². The van der Waals surface area contributed by atoms with Crippen LogP contribution in [-0.2, 0) is 11.8 Å². The van der Waals surface area contributed by atoms with Crippen molar-refractivity contribution in [2.24, 2.45) is 7.05 Å². The van der Waals surface area contributed by atoms with Crippen molar-refractivity contribution in [1.29, 1.82) is 0 Å². The van der Waals surface area contributed by atoms with Crippen molar-refractivity contribution in [2.75, 3.05) is 13.1 Å². The molecule has 1 amide bonds.